The highest BCUT2D eigenvalue weighted by Crippen LogP contribution is 2.16. The van der Waals surface area contributed by atoms with Crippen molar-refractivity contribution in [2.45, 2.75) is 6.04 Å². The molecule has 0 aromatic heterocycles. The van der Waals surface area contributed by atoms with Crippen molar-refractivity contribution in [1.82, 2.24) is 15.1 Å². The van der Waals surface area contributed by atoms with Gasteiger partial charge in [0, 0.05) is 44.0 Å². The molecule has 0 bridgehead atoms. The zero-order chi connectivity index (χ0) is 20.6. The number of likely N-dealkylation sites (N-methyl/N-ethyl adjacent to an activating group) is 1. The van der Waals surface area contributed by atoms with E-state index in [1.165, 1.54) is 0 Å². The first-order chi connectivity index (χ1) is 14.0. The normalized spacial score (nSPS) is 15.9. The van der Waals surface area contributed by atoms with Crippen molar-refractivity contribution in [2.75, 3.05) is 45.1 Å². The Morgan fingerprint density at radius 2 is 1.76 bits per heavy atom. The van der Waals surface area contributed by atoms with Crippen LogP contribution in [0.15, 0.2) is 54.6 Å². The van der Waals surface area contributed by atoms with Gasteiger partial charge in [-0.25, -0.2) is 0 Å². The van der Waals surface area contributed by atoms with E-state index in [9.17, 15) is 9.59 Å². The molecule has 6 heteroatoms. The van der Waals surface area contributed by atoms with E-state index in [0.29, 0.717) is 17.8 Å². The summed E-state index contributed by atoms with van der Waals surface area (Å²) in [5, 5.41) is 5.51. The van der Waals surface area contributed by atoms with Gasteiger partial charge in [-0.3, -0.25) is 14.5 Å². The van der Waals surface area contributed by atoms with E-state index >= 15 is 0 Å². The number of nitrogens with zero attached hydrogens (tertiary/aromatic N) is 2. The molecule has 2 aromatic rings. The smallest absolute Gasteiger partial charge is 0.313 e. The van der Waals surface area contributed by atoms with Crippen LogP contribution >= 0.6 is 0 Å². The third-order valence-electron chi connectivity index (χ3n) is 5.04. The number of hydrogen-bond donors (Lipinski definition) is 2. The van der Waals surface area contributed by atoms with Crippen LogP contribution in [0.4, 0.5) is 5.69 Å². The van der Waals surface area contributed by atoms with E-state index in [0.717, 1.165) is 31.7 Å². The highest BCUT2D eigenvalue weighted by atomic mass is 16.2. The molecule has 1 fully saturated rings. The number of terminal acetylenes is 1. The molecule has 1 saturated heterocycles. The van der Waals surface area contributed by atoms with Gasteiger partial charge in [0.2, 0.25) is 0 Å². The molecule has 1 aliphatic heterocycles. The van der Waals surface area contributed by atoms with Crippen LogP contribution in [-0.2, 0) is 9.59 Å². The number of hydrogen-bond acceptors (Lipinski definition) is 4. The molecule has 1 atom stereocenters. The maximum absolute atomic E-state index is 12.6. The lowest BCUT2D eigenvalue weighted by atomic mass is 10.1. The number of benzene rings is 2. The summed E-state index contributed by atoms with van der Waals surface area (Å²) >= 11 is 0. The number of amides is 2. The largest absolute Gasteiger partial charge is 0.340 e. The maximum atomic E-state index is 12.6. The molecular formula is C23H26N4O2. The minimum atomic E-state index is -0.710. The third-order valence-corrected chi connectivity index (χ3v) is 5.04. The summed E-state index contributed by atoms with van der Waals surface area (Å²) in [6.07, 6.45) is 5.39. The number of anilines is 1. The molecular weight excluding hydrogens is 364 g/mol. The highest BCUT2D eigenvalue weighted by Gasteiger charge is 2.24. The lowest BCUT2D eigenvalue weighted by Crippen LogP contribution is -2.48. The van der Waals surface area contributed by atoms with Gasteiger partial charge in [0.1, 0.15) is 0 Å². The molecule has 0 saturated carbocycles. The molecule has 1 aliphatic rings. The summed E-state index contributed by atoms with van der Waals surface area (Å²) in [6, 6.07) is 16.3. The first-order valence-corrected chi connectivity index (χ1v) is 9.69. The van der Waals surface area contributed by atoms with Crippen LogP contribution in [0, 0.1) is 12.3 Å². The fraction of sp³-hybridized carbons (Fsp3) is 0.304. The van der Waals surface area contributed by atoms with Crippen molar-refractivity contribution < 1.29 is 9.59 Å². The van der Waals surface area contributed by atoms with Crippen molar-refractivity contribution in [2.24, 2.45) is 0 Å². The van der Waals surface area contributed by atoms with Gasteiger partial charge in [0.15, 0.2) is 0 Å². The van der Waals surface area contributed by atoms with Crippen LogP contribution in [0.3, 0.4) is 0 Å². The number of carbonyl (C=O) groups excluding carboxylic acids is 2. The summed E-state index contributed by atoms with van der Waals surface area (Å²) < 4.78 is 0. The van der Waals surface area contributed by atoms with E-state index in [2.05, 4.69) is 33.4 Å². The van der Waals surface area contributed by atoms with Gasteiger partial charge < -0.3 is 15.5 Å². The van der Waals surface area contributed by atoms with Crippen LogP contribution in [0.5, 0.6) is 0 Å². The van der Waals surface area contributed by atoms with E-state index in [1.807, 2.05) is 30.3 Å². The number of piperazine rings is 1. The van der Waals surface area contributed by atoms with Crippen molar-refractivity contribution in [3.8, 4) is 12.3 Å². The Morgan fingerprint density at radius 1 is 1.03 bits per heavy atom. The summed E-state index contributed by atoms with van der Waals surface area (Å²) in [5.41, 5.74) is 2.11. The van der Waals surface area contributed by atoms with Crippen molar-refractivity contribution in [3.05, 3.63) is 65.7 Å². The van der Waals surface area contributed by atoms with Gasteiger partial charge in [0.05, 0.1) is 6.04 Å². The Balaban J connectivity index is 1.66. The minimum Gasteiger partial charge on any atom is -0.340 e. The number of nitrogens with one attached hydrogen (secondary N) is 2. The van der Waals surface area contributed by atoms with Gasteiger partial charge in [-0.1, -0.05) is 42.3 Å². The molecule has 6 nitrogen and oxygen atoms in total. The average Bonchev–Trinajstić information content (AvgIpc) is 2.75. The summed E-state index contributed by atoms with van der Waals surface area (Å²) in [6.45, 7) is 4.49. The van der Waals surface area contributed by atoms with Crippen LogP contribution in [0.1, 0.15) is 17.2 Å². The predicted octanol–water partition coefficient (Wildman–Crippen LogP) is 1.71. The van der Waals surface area contributed by atoms with E-state index in [1.54, 1.807) is 24.3 Å². The Hall–Kier alpha value is -3.14. The van der Waals surface area contributed by atoms with E-state index in [-0.39, 0.29) is 6.04 Å². The Labute approximate surface area is 171 Å². The molecule has 1 heterocycles. The average molecular weight is 390 g/mol. The molecule has 2 amide bonds. The van der Waals surface area contributed by atoms with Crippen molar-refractivity contribution in [3.63, 3.8) is 0 Å². The molecule has 0 spiro atoms. The lowest BCUT2D eigenvalue weighted by molar-refractivity contribution is -0.136. The van der Waals surface area contributed by atoms with Gasteiger partial charge in [-0.15, -0.1) is 6.42 Å². The van der Waals surface area contributed by atoms with Crippen molar-refractivity contribution >= 4 is 17.5 Å². The molecule has 0 radical (unpaired) electrons. The first-order valence-electron chi connectivity index (χ1n) is 9.69. The van der Waals surface area contributed by atoms with Gasteiger partial charge in [0.25, 0.3) is 0 Å². The second-order valence-corrected chi connectivity index (χ2v) is 7.22. The molecule has 29 heavy (non-hydrogen) atoms. The first kappa shape index (κ1) is 20.6. The standard InChI is InChI=1S/C23H26N4O2/c1-3-18-8-7-11-20(16-18)24-22(28)23(29)25-21(19-9-5-4-6-10-19)17-27-14-12-26(2)13-15-27/h1,4-11,16,21H,12-15,17H2,2H3,(H,24,28)(H,25,29). The second kappa shape index (κ2) is 9.87. The number of rotatable bonds is 5. The molecule has 2 N–H and O–H groups in total. The molecule has 0 aliphatic carbocycles. The summed E-state index contributed by atoms with van der Waals surface area (Å²) in [4.78, 5) is 29.6. The fourth-order valence-electron chi connectivity index (χ4n) is 3.31. The number of carbonyl (C=O) groups is 2. The van der Waals surface area contributed by atoms with Gasteiger partial charge >= 0.3 is 11.8 Å². The van der Waals surface area contributed by atoms with E-state index < -0.39 is 11.8 Å². The zero-order valence-electron chi connectivity index (χ0n) is 16.6. The fourth-order valence-corrected chi connectivity index (χ4v) is 3.31. The van der Waals surface area contributed by atoms with E-state index in [4.69, 9.17) is 6.42 Å². The molecule has 3 rings (SSSR count). The second-order valence-electron chi connectivity index (χ2n) is 7.22. The zero-order valence-corrected chi connectivity index (χ0v) is 16.6. The quantitative estimate of drug-likeness (QED) is 0.603. The van der Waals surface area contributed by atoms with Crippen LogP contribution < -0.4 is 10.6 Å². The van der Waals surface area contributed by atoms with Crippen molar-refractivity contribution in [1.29, 1.82) is 0 Å². The summed E-state index contributed by atoms with van der Waals surface area (Å²) in [7, 11) is 2.10. The Morgan fingerprint density at radius 3 is 2.45 bits per heavy atom. The highest BCUT2D eigenvalue weighted by molar-refractivity contribution is 6.39. The molecule has 2 aromatic carbocycles. The van der Waals surface area contributed by atoms with Crippen LogP contribution in [-0.4, -0.2) is 61.4 Å². The van der Waals surface area contributed by atoms with Gasteiger partial charge in [-0.05, 0) is 30.8 Å². The van der Waals surface area contributed by atoms with Gasteiger partial charge in [-0.2, -0.15) is 0 Å². The Kier molecular flexibility index (Phi) is 7.01. The minimum absolute atomic E-state index is 0.269. The van der Waals surface area contributed by atoms with Crippen LogP contribution in [0.25, 0.3) is 0 Å². The topological polar surface area (TPSA) is 64.7 Å². The molecule has 150 valence electrons. The predicted molar refractivity (Wildman–Crippen MR) is 114 cm³/mol. The Bertz CT molecular complexity index is 883. The lowest BCUT2D eigenvalue weighted by Gasteiger charge is -2.35. The maximum Gasteiger partial charge on any atom is 0.313 e. The third kappa shape index (κ3) is 5.92. The monoisotopic (exact) mass is 390 g/mol. The van der Waals surface area contributed by atoms with Crippen LogP contribution in [0.2, 0.25) is 0 Å². The summed E-state index contributed by atoms with van der Waals surface area (Å²) in [5.74, 6) is 1.13. The SMILES string of the molecule is C#Cc1cccc(NC(=O)C(=O)NC(CN2CCN(C)CC2)c2ccccc2)c1. The molecule has 1 unspecified atom stereocenters.